The van der Waals surface area contributed by atoms with Gasteiger partial charge in [-0.2, -0.15) is 0 Å². The van der Waals surface area contributed by atoms with Crippen molar-refractivity contribution in [2.24, 2.45) is 0 Å². The second kappa shape index (κ2) is 4.67. The molecule has 0 aromatic heterocycles. The molecule has 0 amide bonds. The van der Waals surface area contributed by atoms with E-state index in [1.807, 2.05) is 0 Å². The maximum atomic E-state index is 10.6. The molecular weight excluding hydrogens is 188 g/mol. The van der Waals surface area contributed by atoms with Crippen molar-refractivity contribution < 1.29 is 9.53 Å². The smallest absolute Gasteiger partial charge is 0.150 e. The summed E-state index contributed by atoms with van der Waals surface area (Å²) in [6.07, 6.45) is 3.98. The predicted molar refractivity (Wildman–Crippen MR) is 52.9 cm³/mol. The fraction of sp³-hybridized carbons (Fsp3) is 0.100. The van der Waals surface area contributed by atoms with Crippen molar-refractivity contribution in [1.82, 2.24) is 0 Å². The third kappa shape index (κ3) is 2.60. The zero-order chi connectivity index (χ0) is 9.68. The van der Waals surface area contributed by atoms with E-state index in [0.717, 1.165) is 11.8 Å². The highest BCUT2D eigenvalue weighted by molar-refractivity contribution is 6.30. The molecule has 0 aliphatic carbocycles. The number of hydrogen-bond donors (Lipinski definition) is 0. The van der Waals surface area contributed by atoms with Gasteiger partial charge in [0.1, 0.15) is 0 Å². The first-order chi connectivity index (χ1) is 6.27. The largest absolute Gasteiger partial charge is 0.504 e. The van der Waals surface area contributed by atoms with E-state index in [1.54, 1.807) is 31.4 Å². The van der Waals surface area contributed by atoms with Gasteiger partial charge in [0, 0.05) is 10.6 Å². The summed E-state index contributed by atoms with van der Waals surface area (Å²) in [7, 11) is 1.55. The highest BCUT2D eigenvalue weighted by Gasteiger charge is 1.98. The van der Waals surface area contributed by atoms with Gasteiger partial charge in [-0.3, -0.25) is 4.79 Å². The van der Waals surface area contributed by atoms with Crippen LogP contribution < -0.4 is 0 Å². The molecule has 0 N–H and O–H groups in total. The van der Waals surface area contributed by atoms with Crippen LogP contribution in [0.25, 0.3) is 6.08 Å². The lowest BCUT2D eigenvalue weighted by Crippen LogP contribution is -1.85. The zero-order valence-electron chi connectivity index (χ0n) is 7.16. The van der Waals surface area contributed by atoms with Crippen LogP contribution in [0.1, 0.15) is 15.9 Å². The van der Waals surface area contributed by atoms with Crippen LogP contribution in [0.3, 0.4) is 0 Å². The van der Waals surface area contributed by atoms with Crippen molar-refractivity contribution in [3.05, 3.63) is 40.6 Å². The standard InChI is InChI=1S/C10H9ClO2/c1-13-5-4-8-2-3-10(11)6-9(8)7-12/h2-7H,1H3/b5-4+. The van der Waals surface area contributed by atoms with Gasteiger partial charge in [0.15, 0.2) is 6.29 Å². The molecule has 68 valence electrons. The monoisotopic (exact) mass is 196 g/mol. The van der Waals surface area contributed by atoms with Crippen molar-refractivity contribution in [2.75, 3.05) is 7.11 Å². The average molecular weight is 197 g/mol. The fourth-order valence-electron chi connectivity index (χ4n) is 0.941. The van der Waals surface area contributed by atoms with Crippen molar-refractivity contribution in [2.45, 2.75) is 0 Å². The fourth-order valence-corrected chi connectivity index (χ4v) is 1.12. The molecule has 0 unspecified atom stereocenters. The first-order valence-corrected chi connectivity index (χ1v) is 4.10. The summed E-state index contributed by atoms with van der Waals surface area (Å²) in [6.45, 7) is 0. The summed E-state index contributed by atoms with van der Waals surface area (Å²) in [5.74, 6) is 0. The lowest BCUT2D eigenvalue weighted by Gasteiger charge is -1.98. The number of ether oxygens (including phenoxy) is 1. The molecule has 1 aromatic carbocycles. The highest BCUT2D eigenvalue weighted by Crippen LogP contribution is 2.15. The lowest BCUT2D eigenvalue weighted by molar-refractivity contribution is 0.112. The number of carbonyl (C=O) groups excluding carboxylic acids is 1. The van der Waals surface area contributed by atoms with Crippen LogP contribution >= 0.6 is 11.6 Å². The molecular formula is C10H9ClO2. The van der Waals surface area contributed by atoms with Crippen molar-refractivity contribution in [1.29, 1.82) is 0 Å². The van der Waals surface area contributed by atoms with Gasteiger partial charge in [0.25, 0.3) is 0 Å². The highest BCUT2D eigenvalue weighted by atomic mass is 35.5. The summed E-state index contributed by atoms with van der Waals surface area (Å²) in [4.78, 5) is 10.6. The van der Waals surface area contributed by atoms with Gasteiger partial charge < -0.3 is 4.74 Å². The number of rotatable bonds is 3. The molecule has 0 atom stereocenters. The molecule has 0 saturated carbocycles. The molecule has 0 aliphatic rings. The van der Waals surface area contributed by atoms with Gasteiger partial charge in [-0.15, -0.1) is 0 Å². The minimum atomic E-state index is 0.552. The predicted octanol–water partition coefficient (Wildman–Crippen LogP) is 2.77. The number of benzene rings is 1. The second-order valence-electron chi connectivity index (χ2n) is 2.43. The molecule has 1 rings (SSSR count). The molecule has 3 heteroatoms. The summed E-state index contributed by atoms with van der Waals surface area (Å²) < 4.78 is 4.75. The first-order valence-electron chi connectivity index (χ1n) is 3.72. The SMILES string of the molecule is CO/C=C/c1ccc(Cl)cc1C=O. The number of aldehydes is 1. The Morgan fingerprint density at radius 3 is 2.77 bits per heavy atom. The molecule has 0 heterocycles. The van der Waals surface area contributed by atoms with Gasteiger partial charge in [-0.05, 0) is 23.8 Å². The van der Waals surface area contributed by atoms with Gasteiger partial charge in [0.05, 0.1) is 13.4 Å². The molecule has 2 nitrogen and oxygen atoms in total. The zero-order valence-corrected chi connectivity index (χ0v) is 7.91. The van der Waals surface area contributed by atoms with Gasteiger partial charge in [-0.25, -0.2) is 0 Å². The van der Waals surface area contributed by atoms with E-state index in [2.05, 4.69) is 0 Å². The molecule has 0 bridgehead atoms. The number of halogens is 1. The molecule has 0 saturated heterocycles. The minimum Gasteiger partial charge on any atom is -0.504 e. The summed E-state index contributed by atoms with van der Waals surface area (Å²) in [5, 5.41) is 0.552. The number of hydrogen-bond acceptors (Lipinski definition) is 2. The molecule has 0 radical (unpaired) electrons. The van der Waals surface area contributed by atoms with E-state index in [9.17, 15) is 4.79 Å². The van der Waals surface area contributed by atoms with E-state index < -0.39 is 0 Å². The van der Waals surface area contributed by atoms with E-state index in [1.165, 1.54) is 6.26 Å². The molecule has 1 aromatic rings. The van der Waals surface area contributed by atoms with Gasteiger partial charge >= 0.3 is 0 Å². The van der Waals surface area contributed by atoms with Crippen LogP contribution in [0.15, 0.2) is 24.5 Å². The Hall–Kier alpha value is -1.28. The number of carbonyl (C=O) groups is 1. The van der Waals surface area contributed by atoms with Crippen molar-refractivity contribution in [3.8, 4) is 0 Å². The van der Waals surface area contributed by atoms with Gasteiger partial charge in [-0.1, -0.05) is 17.7 Å². The third-order valence-electron chi connectivity index (χ3n) is 1.56. The van der Waals surface area contributed by atoms with Crippen LogP contribution in [0.4, 0.5) is 0 Å². The van der Waals surface area contributed by atoms with Crippen LogP contribution in [0.2, 0.25) is 5.02 Å². The van der Waals surface area contributed by atoms with Crippen LogP contribution in [-0.2, 0) is 4.74 Å². The Labute approximate surface area is 81.8 Å². The normalized spacial score (nSPS) is 10.3. The second-order valence-corrected chi connectivity index (χ2v) is 2.87. The summed E-state index contributed by atoms with van der Waals surface area (Å²) in [5.41, 5.74) is 1.35. The Morgan fingerprint density at radius 1 is 1.38 bits per heavy atom. The average Bonchev–Trinajstić information content (AvgIpc) is 2.16. The summed E-state index contributed by atoms with van der Waals surface area (Å²) >= 11 is 5.72. The van der Waals surface area contributed by atoms with Gasteiger partial charge in [0.2, 0.25) is 0 Å². The van der Waals surface area contributed by atoms with E-state index >= 15 is 0 Å². The number of methoxy groups -OCH3 is 1. The molecule has 13 heavy (non-hydrogen) atoms. The Balaban J connectivity index is 3.06. The lowest BCUT2D eigenvalue weighted by atomic mass is 10.1. The molecule has 0 spiro atoms. The minimum absolute atomic E-state index is 0.552. The maximum Gasteiger partial charge on any atom is 0.150 e. The van der Waals surface area contributed by atoms with Crippen molar-refractivity contribution >= 4 is 24.0 Å². The Morgan fingerprint density at radius 2 is 2.15 bits per heavy atom. The van der Waals surface area contributed by atoms with Crippen LogP contribution in [-0.4, -0.2) is 13.4 Å². The Kier molecular flexibility index (Phi) is 3.53. The maximum absolute atomic E-state index is 10.6. The quantitative estimate of drug-likeness (QED) is 0.549. The molecule has 0 fully saturated rings. The van der Waals surface area contributed by atoms with E-state index in [4.69, 9.17) is 16.3 Å². The van der Waals surface area contributed by atoms with E-state index in [-0.39, 0.29) is 0 Å². The topological polar surface area (TPSA) is 26.3 Å². The summed E-state index contributed by atoms with van der Waals surface area (Å²) in [6, 6.07) is 5.11. The third-order valence-corrected chi connectivity index (χ3v) is 1.79. The molecule has 0 aliphatic heterocycles. The first kappa shape index (κ1) is 9.81. The Bertz CT molecular complexity index is 332. The van der Waals surface area contributed by atoms with E-state index in [0.29, 0.717) is 10.6 Å². The van der Waals surface area contributed by atoms with Crippen molar-refractivity contribution in [3.63, 3.8) is 0 Å². The van der Waals surface area contributed by atoms with Crippen LogP contribution in [0, 0.1) is 0 Å². The van der Waals surface area contributed by atoms with Crippen LogP contribution in [0.5, 0.6) is 0 Å².